The second-order valence-electron chi connectivity index (χ2n) is 4.48. The van der Waals surface area contributed by atoms with Crippen LogP contribution >= 0.6 is 0 Å². The fourth-order valence-corrected chi connectivity index (χ4v) is 0.569. The Hall–Kier alpha value is -0.770. The first-order valence-corrected chi connectivity index (χ1v) is 5.41. The molecule has 0 spiro atoms. The fourth-order valence-electron chi connectivity index (χ4n) is 0.569. The Morgan fingerprint density at radius 1 is 1.27 bits per heavy atom. The summed E-state index contributed by atoms with van der Waals surface area (Å²) in [5, 5.41) is 2.55. The summed E-state index contributed by atoms with van der Waals surface area (Å²) in [5.41, 5.74) is -0.433. The number of hydrogen-bond acceptors (Lipinski definition) is 3. The molecule has 1 saturated carbocycles. The van der Waals surface area contributed by atoms with Gasteiger partial charge in [0.15, 0.2) is 0 Å². The SMILES string of the molecule is C1CC1.COCCNC(=O)OC(C)(C)C. The smallest absolute Gasteiger partial charge is 0.407 e. The van der Waals surface area contributed by atoms with Gasteiger partial charge in [0.2, 0.25) is 0 Å². The quantitative estimate of drug-likeness (QED) is 0.738. The molecule has 1 aliphatic rings. The normalized spacial score (nSPS) is 13.6. The zero-order valence-corrected chi connectivity index (χ0v) is 10.3. The van der Waals surface area contributed by atoms with Crippen LogP contribution < -0.4 is 5.32 Å². The number of hydrogen-bond donors (Lipinski definition) is 1. The first-order valence-electron chi connectivity index (χ1n) is 5.41. The molecule has 4 nitrogen and oxygen atoms in total. The van der Waals surface area contributed by atoms with Crippen molar-refractivity contribution in [2.45, 2.75) is 45.6 Å². The third kappa shape index (κ3) is 15.9. The van der Waals surface area contributed by atoms with E-state index in [9.17, 15) is 4.79 Å². The summed E-state index contributed by atoms with van der Waals surface area (Å²) in [4.78, 5) is 10.9. The van der Waals surface area contributed by atoms with E-state index in [-0.39, 0.29) is 0 Å². The summed E-state index contributed by atoms with van der Waals surface area (Å²) >= 11 is 0. The van der Waals surface area contributed by atoms with Gasteiger partial charge >= 0.3 is 6.09 Å². The highest BCUT2D eigenvalue weighted by Crippen LogP contribution is 2.14. The maximum absolute atomic E-state index is 10.9. The van der Waals surface area contributed by atoms with Crippen LogP contribution in [0.25, 0.3) is 0 Å². The molecular weight excluding hydrogens is 194 g/mol. The van der Waals surface area contributed by atoms with Gasteiger partial charge in [-0.3, -0.25) is 0 Å². The minimum absolute atomic E-state index is 0.403. The molecule has 0 aromatic rings. The molecule has 0 radical (unpaired) electrons. The molecule has 0 heterocycles. The maximum Gasteiger partial charge on any atom is 0.407 e. The van der Waals surface area contributed by atoms with Crippen LogP contribution in [0.5, 0.6) is 0 Å². The van der Waals surface area contributed by atoms with E-state index in [1.165, 1.54) is 19.3 Å². The molecule has 1 rings (SSSR count). The van der Waals surface area contributed by atoms with E-state index >= 15 is 0 Å². The van der Waals surface area contributed by atoms with E-state index in [1.807, 2.05) is 20.8 Å². The lowest BCUT2D eigenvalue weighted by molar-refractivity contribution is 0.0511. The lowest BCUT2D eigenvalue weighted by atomic mass is 10.2. The van der Waals surface area contributed by atoms with Crippen LogP contribution in [0.2, 0.25) is 0 Å². The van der Waals surface area contributed by atoms with Gasteiger partial charge in [-0.25, -0.2) is 4.79 Å². The summed E-state index contributed by atoms with van der Waals surface area (Å²) in [5.74, 6) is 0. The van der Waals surface area contributed by atoms with Crippen LogP contribution in [0.1, 0.15) is 40.0 Å². The summed E-state index contributed by atoms with van der Waals surface area (Å²) < 4.78 is 9.73. The summed E-state index contributed by atoms with van der Waals surface area (Å²) in [7, 11) is 1.58. The highest BCUT2D eigenvalue weighted by molar-refractivity contribution is 5.67. The standard InChI is InChI=1S/C8H17NO3.C3H6/c1-8(2,3)12-7(10)9-5-6-11-4;1-2-3-1/h5-6H2,1-4H3,(H,9,10);1-3H2. The van der Waals surface area contributed by atoms with Gasteiger partial charge in [0.1, 0.15) is 5.60 Å². The van der Waals surface area contributed by atoms with E-state index in [2.05, 4.69) is 5.32 Å². The van der Waals surface area contributed by atoms with Gasteiger partial charge in [-0.2, -0.15) is 0 Å². The molecule has 0 aromatic carbocycles. The molecular formula is C11H23NO3. The van der Waals surface area contributed by atoms with Gasteiger partial charge in [0, 0.05) is 13.7 Å². The van der Waals surface area contributed by atoms with E-state index < -0.39 is 11.7 Å². The molecule has 0 saturated heterocycles. The third-order valence-corrected chi connectivity index (χ3v) is 1.33. The van der Waals surface area contributed by atoms with Crippen molar-refractivity contribution in [1.29, 1.82) is 0 Å². The average Bonchev–Trinajstić information content (AvgIpc) is 2.86. The zero-order chi connectivity index (χ0) is 11.7. The van der Waals surface area contributed by atoms with Gasteiger partial charge in [-0.1, -0.05) is 19.3 Å². The largest absolute Gasteiger partial charge is 0.444 e. The number of amides is 1. The Labute approximate surface area is 92.3 Å². The maximum atomic E-state index is 10.9. The van der Waals surface area contributed by atoms with Crippen LogP contribution in [-0.4, -0.2) is 32.0 Å². The van der Waals surface area contributed by atoms with Crippen LogP contribution in [0, 0.1) is 0 Å². The van der Waals surface area contributed by atoms with Crippen LogP contribution in [0.4, 0.5) is 4.79 Å². The number of carbonyl (C=O) groups is 1. The van der Waals surface area contributed by atoms with Gasteiger partial charge in [0.05, 0.1) is 6.61 Å². The van der Waals surface area contributed by atoms with Crippen LogP contribution in [-0.2, 0) is 9.47 Å². The Morgan fingerprint density at radius 3 is 2.13 bits per heavy atom. The predicted octanol–water partition coefficient (Wildman–Crippen LogP) is 2.33. The monoisotopic (exact) mass is 217 g/mol. The van der Waals surface area contributed by atoms with Gasteiger partial charge < -0.3 is 14.8 Å². The third-order valence-electron chi connectivity index (χ3n) is 1.33. The number of rotatable bonds is 3. The summed E-state index contributed by atoms with van der Waals surface area (Å²) in [6.07, 6.45) is 4.10. The Balaban J connectivity index is 0.000000548. The highest BCUT2D eigenvalue weighted by atomic mass is 16.6. The van der Waals surface area contributed by atoms with Crippen molar-refractivity contribution in [1.82, 2.24) is 5.32 Å². The van der Waals surface area contributed by atoms with Crippen LogP contribution in [0.3, 0.4) is 0 Å². The first-order chi connectivity index (χ1) is 6.95. The second-order valence-corrected chi connectivity index (χ2v) is 4.48. The Morgan fingerprint density at radius 2 is 1.80 bits per heavy atom. The fraction of sp³-hybridized carbons (Fsp3) is 0.909. The van der Waals surface area contributed by atoms with Crippen molar-refractivity contribution >= 4 is 6.09 Å². The van der Waals surface area contributed by atoms with Crippen molar-refractivity contribution in [3.63, 3.8) is 0 Å². The minimum Gasteiger partial charge on any atom is -0.444 e. The second kappa shape index (κ2) is 7.51. The highest BCUT2D eigenvalue weighted by Gasteiger charge is 2.15. The molecule has 0 unspecified atom stereocenters. The number of methoxy groups -OCH3 is 1. The van der Waals surface area contributed by atoms with Crippen molar-refractivity contribution in [2.24, 2.45) is 0 Å². The predicted molar refractivity (Wildman–Crippen MR) is 60.0 cm³/mol. The molecule has 1 amide bonds. The van der Waals surface area contributed by atoms with Gasteiger partial charge in [0.25, 0.3) is 0 Å². The molecule has 1 N–H and O–H groups in total. The summed E-state index contributed by atoms with van der Waals surface area (Å²) in [6.45, 7) is 6.44. The van der Waals surface area contributed by atoms with Crippen molar-refractivity contribution in [3.05, 3.63) is 0 Å². The average molecular weight is 217 g/mol. The van der Waals surface area contributed by atoms with Crippen molar-refractivity contribution in [3.8, 4) is 0 Å². The van der Waals surface area contributed by atoms with Gasteiger partial charge in [-0.15, -0.1) is 0 Å². The molecule has 0 bridgehead atoms. The molecule has 0 aromatic heterocycles. The van der Waals surface area contributed by atoms with Gasteiger partial charge in [-0.05, 0) is 20.8 Å². The molecule has 1 aliphatic carbocycles. The van der Waals surface area contributed by atoms with E-state index in [4.69, 9.17) is 9.47 Å². The number of ether oxygens (including phenoxy) is 2. The zero-order valence-electron chi connectivity index (χ0n) is 10.3. The van der Waals surface area contributed by atoms with Crippen molar-refractivity contribution in [2.75, 3.05) is 20.3 Å². The molecule has 0 atom stereocenters. The number of alkyl carbamates (subject to hydrolysis) is 1. The molecule has 4 heteroatoms. The van der Waals surface area contributed by atoms with Crippen molar-refractivity contribution < 1.29 is 14.3 Å². The first kappa shape index (κ1) is 14.2. The lowest BCUT2D eigenvalue weighted by Gasteiger charge is -2.19. The molecule has 90 valence electrons. The summed E-state index contributed by atoms with van der Waals surface area (Å²) in [6, 6.07) is 0. The van der Waals surface area contributed by atoms with E-state index in [0.29, 0.717) is 13.2 Å². The lowest BCUT2D eigenvalue weighted by Crippen LogP contribution is -2.34. The van der Waals surface area contributed by atoms with Crippen LogP contribution in [0.15, 0.2) is 0 Å². The minimum atomic E-state index is -0.433. The molecule has 0 aliphatic heterocycles. The number of carbonyl (C=O) groups excluding carboxylic acids is 1. The Bertz CT molecular complexity index is 170. The molecule has 1 fully saturated rings. The Kier molecular flexibility index (Phi) is 7.13. The topological polar surface area (TPSA) is 47.6 Å². The molecule has 15 heavy (non-hydrogen) atoms. The van der Waals surface area contributed by atoms with E-state index in [0.717, 1.165) is 0 Å². The number of nitrogens with one attached hydrogen (secondary N) is 1. The van der Waals surface area contributed by atoms with E-state index in [1.54, 1.807) is 7.11 Å².